The molecule has 2 rings (SSSR count). The Morgan fingerprint density at radius 1 is 1.50 bits per heavy atom. The highest BCUT2D eigenvalue weighted by atomic mass is 32.2. The zero-order chi connectivity index (χ0) is 13.2. The van der Waals surface area contributed by atoms with Crippen LogP contribution >= 0.6 is 11.8 Å². The summed E-state index contributed by atoms with van der Waals surface area (Å²) < 4.78 is 0.330. The van der Waals surface area contributed by atoms with Gasteiger partial charge in [-0.05, 0) is 32.4 Å². The van der Waals surface area contributed by atoms with Crippen molar-refractivity contribution in [2.24, 2.45) is 5.73 Å². The van der Waals surface area contributed by atoms with Gasteiger partial charge < -0.3 is 10.6 Å². The fraction of sp³-hybridized carbons (Fsp3) is 0.643. The number of anilines is 1. The Morgan fingerprint density at radius 3 is 2.83 bits per heavy atom. The van der Waals surface area contributed by atoms with Gasteiger partial charge in [-0.3, -0.25) is 4.98 Å². The SMILES string of the molecule is CC[C@H](N)c1ccc(N2CCSC(C)(C)C2)cn1. The number of hydrogen-bond acceptors (Lipinski definition) is 4. The second-order valence-corrected chi connectivity index (χ2v) is 7.29. The number of rotatable bonds is 3. The first-order valence-electron chi connectivity index (χ1n) is 6.62. The van der Waals surface area contributed by atoms with Gasteiger partial charge in [0.15, 0.2) is 0 Å². The smallest absolute Gasteiger partial charge is 0.0572 e. The van der Waals surface area contributed by atoms with Gasteiger partial charge in [0.05, 0.1) is 17.6 Å². The first-order chi connectivity index (χ1) is 8.52. The number of nitrogens with zero attached hydrogens (tertiary/aromatic N) is 2. The van der Waals surface area contributed by atoms with E-state index in [1.54, 1.807) is 0 Å². The third-order valence-electron chi connectivity index (χ3n) is 3.38. The van der Waals surface area contributed by atoms with Crippen LogP contribution < -0.4 is 10.6 Å². The molecular weight excluding hydrogens is 242 g/mol. The molecule has 0 saturated carbocycles. The third-order valence-corrected chi connectivity index (χ3v) is 4.68. The molecule has 1 fully saturated rings. The number of pyridine rings is 1. The van der Waals surface area contributed by atoms with Crippen LogP contribution in [0.5, 0.6) is 0 Å². The van der Waals surface area contributed by atoms with E-state index in [0.29, 0.717) is 4.75 Å². The Hall–Kier alpha value is -0.740. The Balaban J connectivity index is 2.09. The van der Waals surface area contributed by atoms with Crippen LogP contribution in [-0.2, 0) is 0 Å². The molecule has 0 amide bonds. The molecule has 0 spiro atoms. The lowest BCUT2D eigenvalue weighted by Crippen LogP contribution is -2.43. The predicted octanol–water partition coefficient (Wildman–Crippen LogP) is 2.82. The minimum absolute atomic E-state index is 0.0624. The predicted molar refractivity (Wildman–Crippen MR) is 80.2 cm³/mol. The van der Waals surface area contributed by atoms with E-state index in [2.05, 4.69) is 42.8 Å². The molecule has 2 heterocycles. The standard InChI is InChI=1S/C14H23N3S/c1-4-12(15)13-6-5-11(9-16-13)17-7-8-18-14(2,3)10-17/h5-6,9,12H,4,7-8,10,15H2,1-3H3/t12-/m0/s1. The van der Waals surface area contributed by atoms with Crippen molar-refractivity contribution in [1.82, 2.24) is 4.98 Å². The molecule has 0 unspecified atom stereocenters. The summed E-state index contributed by atoms with van der Waals surface area (Å²) in [7, 11) is 0. The summed E-state index contributed by atoms with van der Waals surface area (Å²) in [6.07, 6.45) is 2.90. The van der Waals surface area contributed by atoms with Crippen molar-refractivity contribution in [2.75, 3.05) is 23.7 Å². The van der Waals surface area contributed by atoms with Gasteiger partial charge in [0, 0.05) is 29.6 Å². The Labute approximate surface area is 114 Å². The molecule has 0 aliphatic carbocycles. The molecule has 0 bridgehead atoms. The summed E-state index contributed by atoms with van der Waals surface area (Å²) in [5, 5.41) is 0. The van der Waals surface area contributed by atoms with Gasteiger partial charge in [0.25, 0.3) is 0 Å². The molecule has 100 valence electrons. The Kier molecular flexibility index (Phi) is 4.17. The topological polar surface area (TPSA) is 42.1 Å². The lowest BCUT2D eigenvalue weighted by molar-refractivity contribution is 0.644. The molecule has 0 radical (unpaired) electrons. The molecule has 1 aliphatic heterocycles. The molecule has 1 aromatic rings. The van der Waals surface area contributed by atoms with Crippen molar-refractivity contribution < 1.29 is 0 Å². The van der Waals surface area contributed by atoms with E-state index in [-0.39, 0.29) is 6.04 Å². The zero-order valence-electron chi connectivity index (χ0n) is 11.5. The molecule has 3 nitrogen and oxygen atoms in total. The fourth-order valence-corrected chi connectivity index (χ4v) is 3.36. The molecule has 1 aliphatic rings. The van der Waals surface area contributed by atoms with Crippen molar-refractivity contribution in [1.29, 1.82) is 0 Å². The highest BCUT2D eigenvalue weighted by Gasteiger charge is 2.27. The van der Waals surface area contributed by atoms with Gasteiger partial charge in [0.1, 0.15) is 0 Å². The van der Waals surface area contributed by atoms with Crippen LogP contribution in [0, 0.1) is 0 Å². The van der Waals surface area contributed by atoms with Crippen LogP contribution in [0.4, 0.5) is 5.69 Å². The van der Waals surface area contributed by atoms with Crippen molar-refractivity contribution >= 4 is 17.4 Å². The number of aromatic nitrogens is 1. The monoisotopic (exact) mass is 265 g/mol. The summed E-state index contributed by atoms with van der Waals surface area (Å²) in [5.74, 6) is 1.18. The Bertz CT molecular complexity index is 389. The van der Waals surface area contributed by atoms with Gasteiger partial charge in [0.2, 0.25) is 0 Å². The van der Waals surface area contributed by atoms with Gasteiger partial charge in [-0.2, -0.15) is 11.8 Å². The van der Waals surface area contributed by atoms with Crippen LogP contribution in [0.3, 0.4) is 0 Å². The third kappa shape index (κ3) is 3.18. The minimum Gasteiger partial charge on any atom is -0.368 e. The summed E-state index contributed by atoms with van der Waals surface area (Å²) in [4.78, 5) is 6.92. The lowest BCUT2D eigenvalue weighted by Gasteiger charge is -2.38. The molecular formula is C14H23N3S. The normalized spacial score (nSPS) is 20.8. The maximum absolute atomic E-state index is 5.99. The fourth-order valence-electron chi connectivity index (χ4n) is 2.25. The van der Waals surface area contributed by atoms with Crippen molar-refractivity contribution in [3.8, 4) is 0 Å². The number of thioether (sulfide) groups is 1. The van der Waals surface area contributed by atoms with E-state index in [1.165, 1.54) is 11.4 Å². The number of nitrogens with two attached hydrogens (primary N) is 1. The van der Waals surface area contributed by atoms with Gasteiger partial charge in [-0.15, -0.1) is 0 Å². The zero-order valence-corrected chi connectivity index (χ0v) is 12.3. The first kappa shape index (κ1) is 13.7. The maximum atomic E-state index is 5.99. The van der Waals surface area contributed by atoms with E-state index in [9.17, 15) is 0 Å². The highest BCUT2D eigenvalue weighted by Crippen LogP contribution is 2.32. The van der Waals surface area contributed by atoms with Crippen molar-refractivity contribution in [2.45, 2.75) is 38.0 Å². The summed E-state index contributed by atoms with van der Waals surface area (Å²) in [6.45, 7) is 8.88. The van der Waals surface area contributed by atoms with E-state index in [4.69, 9.17) is 5.73 Å². The summed E-state index contributed by atoms with van der Waals surface area (Å²) in [6, 6.07) is 4.29. The second-order valence-electron chi connectivity index (χ2n) is 5.49. The van der Waals surface area contributed by atoms with Crippen LogP contribution in [0.1, 0.15) is 38.9 Å². The van der Waals surface area contributed by atoms with Crippen LogP contribution in [0.25, 0.3) is 0 Å². The van der Waals surface area contributed by atoms with E-state index in [0.717, 1.165) is 25.2 Å². The van der Waals surface area contributed by atoms with Crippen LogP contribution in [0.15, 0.2) is 18.3 Å². The van der Waals surface area contributed by atoms with E-state index in [1.807, 2.05) is 18.0 Å². The summed E-state index contributed by atoms with van der Waals surface area (Å²) in [5.41, 5.74) is 8.20. The quantitative estimate of drug-likeness (QED) is 0.912. The molecule has 18 heavy (non-hydrogen) atoms. The lowest BCUT2D eigenvalue weighted by atomic mass is 10.1. The van der Waals surface area contributed by atoms with E-state index < -0.39 is 0 Å². The highest BCUT2D eigenvalue weighted by molar-refractivity contribution is 8.00. The van der Waals surface area contributed by atoms with Gasteiger partial charge >= 0.3 is 0 Å². The van der Waals surface area contributed by atoms with Crippen LogP contribution in [0.2, 0.25) is 0 Å². The average molecular weight is 265 g/mol. The van der Waals surface area contributed by atoms with Gasteiger partial charge in [-0.25, -0.2) is 0 Å². The molecule has 1 atom stereocenters. The largest absolute Gasteiger partial charge is 0.368 e. The molecule has 1 saturated heterocycles. The van der Waals surface area contributed by atoms with Crippen molar-refractivity contribution in [3.05, 3.63) is 24.0 Å². The first-order valence-corrected chi connectivity index (χ1v) is 7.61. The van der Waals surface area contributed by atoms with E-state index >= 15 is 0 Å². The average Bonchev–Trinajstić information content (AvgIpc) is 2.37. The molecule has 0 aromatic carbocycles. The molecule has 4 heteroatoms. The molecule has 1 aromatic heterocycles. The summed E-state index contributed by atoms with van der Waals surface area (Å²) >= 11 is 2.05. The second kappa shape index (κ2) is 5.49. The maximum Gasteiger partial charge on any atom is 0.0572 e. The Morgan fingerprint density at radius 2 is 2.28 bits per heavy atom. The van der Waals surface area contributed by atoms with Crippen molar-refractivity contribution in [3.63, 3.8) is 0 Å². The number of hydrogen-bond donors (Lipinski definition) is 1. The van der Waals surface area contributed by atoms with Gasteiger partial charge in [-0.1, -0.05) is 6.92 Å². The minimum atomic E-state index is 0.0624. The van der Waals surface area contributed by atoms with Crippen LogP contribution in [-0.4, -0.2) is 28.6 Å². The molecule has 2 N–H and O–H groups in total.